The van der Waals surface area contributed by atoms with Crippen LogP contribution in [0, 0.1) is 6.92 Å². The van der Waals surface area contributed by atoms with Gasteiger partial charge in [0.25, 0.3) is 5.52 Å². The summed E-state index contributed by atoms with van der Waals surface area (Å²) in [6.45, 7) is 2.24. The molecule has 1 aromatic heterocycles. The Balaban J connectivity index is 1.67. The molecule has 6 aromatic rings. The number of quaternary nitrogens is 1. The number of hydrogen-bond donors (Lipinski definition) is 0. The molecule has 0 aliphatic heterocycles. The topological polar surface area (TPSA) is 3.88 Å². The van der Waals surface area contributed by atoms with Crippen LogP contribution < -0.4 is 9.05 Å². The maximum atomic E-state index is 2.38. The Morgan fingerprint density at radius 3 is 1.83 bits per heavy atom. The molecular formula is C34H30N2+2. The second kappa shape index (κ2) is 8.75. The molecule has 0 bridgehead atoms. The van der Waals surface area contributed by atoms with Gasteiger partial charge in [0.2, 0.25) is 11.4 Å². The number of aryl methyl sites for hydroxylation is 2. The molecular weight excluding hydrogens is 436 g/mol. The van der Waals surface area contributed by atoms with Crippen molar-refractivity contribution >= 4 is 38.7 Å². The number of aromatic nitrogens is 1. The van der Waals surface area contributed by atoms with Gasteiger partial charge >= 0.3 is 0 Å². The maximum absolute atomic E-state index is 2.38. The number of para-hydroxylation sites is 3. The molecule has 5 aromatic carbocycles. The third-order valence-electron chi connectivity index (χ3n) is 7.66. The maximum Gasteiger partial charge on any atom is 0.275 e. The van der Waals surface area contributed by atoms with Crippen molar-refractivity contribution in [3.05, 3.63) is 133 Å². The number of nitrogens with zero attached hydrogens (tertiary/aromatic N) is 2. The summed E-state index contributed by atoms with van der Waals surface area (Å²) >= 11 is 0. The molecule has 0 saturated carbocycles. The van der Waals surface area contributed by atoms with E-state index in [0.717, 1.165) is 0 Å². The predicted octanol–water partition coefficient (Wildman–Crippen LogP) is 8.39. The summed E-state index contributed by atoms with van der Waals surface area (Å²) in [4.78, 5) is 0. The number of fused-ring (bicyclic) bond motifs is 2. The van der Waals surface area contributed by atoms with E-state index >= 15 is 0 Å². The average molecular weight is 467 g/mol. The van der Waals surface area contributed by atoms with Crippen molar-refractivity contribution in [1.29, 1.82) is 0 Å². The van der Waals surface area contributed by atoms with Crippen LogP contribution >= 0.6 is 0 Å². The monoisotopic (exact) mass is 466 g/mol. The van der Waals surface area contributed by atoms with Gasteiger partial charge in [-0.2, -0.15) is 4.57 Å². The Kier molecular flexibility index (Phi) is 5.40. The smallest absolute Gasteiger partial charge is 0.223 e. The van der Waals surface area contributed by atoms with E-state index in [-0.39, 0.29) is 0 Å². The normalized spacial score (nSPS) is 11.8. The SMILES string of the molecule is Cc1c(-c2ccc3cccc([N+](C)(c4ccccc4)c4ccccc4)c3[n+]2C)ccc2ccccc12. The van der Waals surface area contributed by atoms with Crippen LogP contribution in [0.1, 0.15) is 5.56 Å². The van der Waals surface area contributed by atoms with Crippen molar-refractivity contribution in [2.45, 2.75) is 6.92 Å². The van der Waals surface area contributed by atoms with Crippen LogP contribution in [0.2, 0.25) is 0 Å². The lowest BCUT2D eigenvalue weighted by Crippen LogP contribution is -2.39. The molecule has 0 atom stereocenters. The first-order valence-corrected chi connectivity index (χ1v) is 12.5. The molecule has 0 fully saturated rings. The summed E-state index contributed by atoms with van der Waals surface area (Å²) in [5.41, 5.74) is 8.72. The molecule has 0 spiro atoms. The Hall–Kier alpha value is -4.27. The zero-order valence-corrected chi connectivity index (χ0v) is 21.0. The number of pyridine rings is 1. The van der Waals surface area contributed by atoms with Crippen molar-refractivity contribution < 1.29 is 4.57 Å². The number of benzene rings is 5. The highest BCUT2D eigenvalue weighted by atomic mass is 15.4. The molecule has 0 N–H and O–H groups in total. The lowest BCUT2D eigenvalue weighted by Gasteiger charge is -2.32. The number of rotatable bonds is 4. The van der Waals surface area contributed by atoms with Crippen LogP contribution in [0.5, 0.6) is 0 Å². The Morgan fingerprint density at radius 2 is 1.14 bits per heavy atom. The summed E-state index contributed by atoms with van der Waals surface area (Å²) in [7, 11) is 4.50. The van der Waals surface area contributed by atoms with Crippen molar-refractivity contribution in [3.63, 3.8) is 0 Å². The third kappa shape index (κ3) is 3.42. The largest absolute Gasteiger partial charge is 0.275 e. The highest BCUT2D eigenvalue weighted by molar-refractivity contribution is 5.94. The van der Waals surface area contributed by atoms with E-state index in [1.165, 1.54) is 55.6 Å². The van der Waals surface area contributed by atoms with E-state index in [0.29, 0.717) is 4.48 Å². The highest BCUT2D eigenvalue weighted by Gasteiger charge is 2.36. The van der Waals surface area contributed by atoms with Crippen LogP contribution in [-0.4, -0.2) is 7.05 Å². The molecule has 6 rings (SSSR count). The second-order valence-electron chi connectivity index (χ2n) is 9.63. The van der Waals surface area contributed by atoms with Crippen LogP contribution in [0.15, 0.2) is 127 Å². The van der Waals surface area contributed by atoms with Crippen LogP contribution in [0.3, 0.4) is 0 Å². The predicted molar refractivity (Wildman–Crippen MR) is 153 cm³/mol. The van der Waals surface area contributed by atoms with Crippen molar-refractivity contribution in [3.8, 4) is 11.3 Å². The zero-order chi connectivity index (χ0) is 24.7. The fourth-order valence-electron chi connectivity index (χ4n) is 5.66. The average Bonchev–Trinajstić information content (AvgIpc) is 2.94. The quantitative estimate of drug-likeness (QED) is 0.181. The summed E-state index contributed by atoms with van der Waals surface area (Å²) in [5.74, 6) is 0. The first-order valence-electron chi connectivity index (χ1n) is 12.5. The van der Waals surface area contributed by atoms with E-state index in [2.05, 4.69) is 153 Å². The van der Waals surface area contributed by atoms with Crippen molar-refractivity contribution in [2.24, 2.45) is 7.05 Å². The number of hydrogen-bond acceptors (Lipinski definition) is 0. The third-order valence-corrected chi connectivity index (χ3v) is 7.66. The van der Waals surface area contributed by atoms with Gasteiger partial charge in [-0.1, -0.05) is 72.8 Å². The molecule has 2 nitrogen and oxygen atoms in total. The van der Waals surface area contributed by atoms with Gasteiger partial charge in [-0.3, -0.25) is 0 Å². The standard InChI is InChI=1S/C34H30N2/c1-25-30-19-11-10-13-26(30)21-23-31(25)32-24-22-27-14-12-20-33(34(27)35(32)2)36(3,28-15-6-4-7-16-28)29-17-8-5-9-18-29/h4-24H,1-3H3/q+2. The molecule has 0 aliphatic rings. The summed E-state index contributed by atoms with van der Waals surface area (Å²) in [5, 5.41) is 3.81. The summed E-state index contributed by atoms with van der Waals surface area (Å²) in [6.07, 6.45) is 0. The van der Waals surface area contributed by atoms with E-state index in [4.69, 9.17) is 0 Å². The second-order valence-corrected chi connectivity index (χ2v) is 9.63. The Labute approximate surface area is 212 Å². The first-order chi connectivity index (χ1) is 17.6. The molecule has 0 radical (unpaired) electrons. The fourth-order valence-corrected chi connectivity index (χ4v) is 5.66. The zero-order valence-electron chi connectivity index (χ0n) is 21.0. The van der Waals surface area contributed by atoms with Crippen molar-refractivity contribution in [2.75, 3.05) is 7.05 Å². The van der Waals surface area contributed by atoms with E-state index in [1.807, 2.05) is 0 Å². The van der Waals surface area contributed by atoms with Crippen LogP contribution in [0.25, 0.3) is 32.9 Å². The molecule has 2 heteroatoms. The van der Waals surface area contributed by atoms with E-state index in [9.17, 15) is 0 Å². The lowest BCUT2D eigenvalue weighted by atomic mass is 9.97. The van der Waals surface area contributed by atoms with Crippen molar-refractivity contribution in [1.82, 2.24) is 4.48 Å². The molecule has 0 amide bonds. The van der Waals surface area contributed by atoms with Crippen LogP contribution in [-0.2, 0) is 7.05 Å². The highest BCUT2D eigenvalue weighted by Crippen LogP contribution is 2.44. The molecule has 0 unspecified atom stereocenters. The summed E-state index contributed by atoms with van der Waals surface area (Å²) < 4.78 is 2.96. The van der Waals surface area contributed by atoms with Crippen LogP contribution in [0.4, 0.5) is 17.1 Å². The van der Waals surface area contributed by atoms with Gasteiger partial charge in [0.15, 0.2) is 0 Å². The van der Waals surface area contributed by atoms with Gasteiger partial charge in [-0.05, 0) is 65.7 Å². The van der Waals surface area contributed by atoms with Gasteiger partial charge in [-0.15, -0.1) is 0 Å². The lowest BCUT2D eigenvalue weighted by molar-refractivity contribution is -0.633. The van der Waals surface area contributed by atoms with Gasteiger partial charge in [0.1, 0.15) is 18.4 Å². The Morgan fingerprint density at radius 1 is 0.556 bits per heavy atom. The Bertz CT molecular complexity index is 1660. The molecule has 36 heavy (non-hydrogen) atoms. The molecule has 174 valence electrons. The molecule has 0 saturated heterocycles. The minimum Gasteiger partial charge on any atom is -0.223 e. The van der Waals surface area contributed by atoms with E-state index in [1.54, 1.807) is 0 Å². The van der Waals surface area contributed by atoms with Gasteiger partial charge in [0.05, 0.1) is 12.4 Å². The van der Waals surface area contributed by atoms with Gasteiger partial charge < -0.3 is 0 Å². The summed E-state index contributed by atoms with van der Waals surface area (Å²) in [6, 6.07) is 45.9. The van der Waals surface area contributed by atoms with E-state index < -0.39 is 0 Å². The fraction of sp³-hybridized carbons (Fsp3) is 0.0882. The van der Waals surface area contributed by atoms with Gasteiger partial charge in [0, 0.05) is 17.7 Å². The molecule has 0 aliphatic carbocycles. The van der Waals surface area contributed by atoms with Gasteiger partial charge in [-0.25, -0.2) is 4.48 Å². The first kappa shape index (κ1) is 22.2. The minimum absolute atomic E-state index is 0.576. The molecule has 1 heterocycles. The minimum atomic E-state index is 0.576.